The van der Waals surface area contributed by atoms with Crippen molar-refractivity contribution in [1.82, 2.24) is 0 Å². The molecule has 3 aromatic rings. The van der Waals surface area contributed by atoms with Gasteiger partial charge in [0.05, 0.1) is 0 Å². The molecule has 5 nitrogen and oxygen atoms in total. The number of furan rings is 1. The molecule has 0 bridgehead atoms. The van der Waals surface area contributed by atoms with Crippen LogP contribution in [0.5, 0.6) is 0 Å². The summed E-state index contributed by atoms with van der Waals surface area (Å²) in [6.07, 6.45) is 0. The van der Waals surface area contributed by atoms with Gasteiger partial charge in [-0.15, -0.1) is 0 Å². The molecular formula is C15H12O5. The number of hydrogen-bond acceptors (Lipinski definition) is 4. The molecule has 0 unspecified atom stereocenters. The first-order valence-electron chi connectivity index (χ1n) is 6.10. The van der Waals surface area contributed by atoms with E-state index in [9.17, 15) is 14.7 Å². The summed E-state index contributed by atoms with van der Waals surface area (Å²) in [5.74, 6) is -0.694. The molecule has 0 radical (unpaired) electrons. The van der Waals surface area contributed by atoms with Gasteiger partial charge in [-0.1, -0.05) is 0 Å². The van der Waals surface area contributed by atoms with Crippen molar-refractivity contribution in [2.24, 2.45) is 0 Å². The Morgan fingerprint density at radius 3 is 2.35 bits per heavy atom. The lowest BCUT2D eigenvalue weighted by molar-refractivity contribution is 0.0697. The third kappa shape index (κ3) is 1.56. The van der Waals surface area contributed by atoms with Crippen molar-refractivity contribution in [1.29, 1.82) is 0 Å². The first-order chi connectivity index (χ1) is 9.40. The van der Waals surface area contributed by atoms with Crippen molar-refractivity contribution in [3.05, 3.63) is 45.0 Å². The van der Waals surface area contributed by atoms with Crippen LogP contribution in [0.2, 0.25) is 0 Å². The zero-order chi connectivity index (χ0) is 14.6. The van der Waals surface area contributed by atoms with E-state index in [1.807, 2.05) is 0 Å². The Morgan fingerprint density at radius 2 is 1.70 bits per heavy atom. The van der Waals surface area contributed by atoms with E-state index in [-0.39, 0.29) is 5.56 Å². The Bertz CT molecular complexity index is 927. The quantitative estimate of drug-likeness (QED) is 0.688. The molecule has 0 spiro atoms. The average molecular weight is 272 g/mol. The van der Waals surface area contributed by atoms with Gasteiger partial charge < -0.3 is 13.9 Å². The average Bonchev–Trinajstić information content (AvgIpc) is 2.68. The summed E-state index contributed by atoms with van der Waals surface area (Å²) >= 11 is 0. The van der Waals surface area contributed by atoms with Crippen molar-refractivity contribution >= 4 is 27.9 Å². The Kier molecular flexibility index (Phi) is 2.47. The summed E-state index contributed by atoms with van der Waals surface area (Å²) < 4.78 is 10.8. The molecule has 0 aliphatic carbocycles. The fourth-order valence-electron chi connectivity index (χ4n) is 2.57. The highest BCUT2D eigenvalue weighted by Gasteiger charge is 2.21. The number of carboxylic acid groups (broad SMARTS) is 1. The van der Waals surface area contributed by atoms with Gasteiger partial charge >= 0.3 is 11.6 Å². The first-order valence-corrected chi connectivity index (χ1v) is 6.10. The largest absolute Gasteiger partial charge is 0.478 e. The molecule has 2 aromatic heterocycles. The predicted octanol–water partition coefficient (Wildman–Crippen LogP) is 3.16. The first kappa shape index (κ1) is 12.5. The second-order valence-corrected chi connectivity index (χ2v) is 4.84. The second kappa shape index (κ2) is 3.96. The monoisotopic (exact) mass is 272 g/mol. The molecule has 0 aliphatic heterocycles. The Morgan fingerprint density at radius 1 is 1.05 bits per heavy atom. The number of rotatable bonds is 1. The number of aryl methyl sites for hydroxylation is 3. The molecule has 3 rings (SSSR count). The lowest BCUT2D eigenvalue weighted by atomic mass is 10.0. The summed E-state index contributed by atoms with van der Waals surface area (Å²) in [4.78, 5) is 22.8. The molecule has 1 aromatic carbocycles. The fraction of sp³-hybridized carbons (Fsp3) is 0.200. The highest BCUT2D eigenvalue weighted by atomic mass is 16.4. The van der Waals surface area contributed by atoms with Crippen molar-refractivity contribution in [3.8, 4) is 0 Å². The summed E-state index contributed by atoms with van der Waals surface area (Å²) in [7, 11) is 0. The van der Waals surface area contributed by atoms with Gasteiger partial charge in [0.25, 0.3) is 0 Å². The van der Waals surface area contributed by atoms with Crippen LogP contribution in [0.25, 0.3) is 21.9 Å². The van der Waals surface area contributed by atoms with Crippen molar-refractivity contribution < 1.29 is 18.7 Å². The highest BCUT2D eigenvalue weighted by Crippen LogP contribution is 2.34. The molecule has 0 aliphatic rings. The highest BCUT2D eigenvalue weighted by molar-refractivity contribution is 6.09. The van der Waals surface area contributed by atoms with E-state index in [0.717, 1.165) is 10.9 Å². The summed E-state index contributed by atoms with van der Waals surface area (Å²) in [6, 6.07) is 3.09. The lowest BCUT2D eigenvalue weighted by Crippen LogP contribution is -2.00. The van der Waals surface area contributed by atoms with Crippen molar-refractivity contribution in [3.63, 3.8) is 0 Å². The number of carbonyl (C=O) groups is 1. The Balaban J connectivity index is 2.61. The molecule has 5 heteroatoms. The Labute approximate surface area is 113 Å². The van der Waals surface area contributed by atoms with Gasteiger partial charge in [-0.25, -0.2) is 9.59 Å². The van der Waals surface area contributed by atoms with Crippen LogP contribution in [0.15, 0.2) is 25.8 Å². The van der Waals surface area contributed by atoms with Gasteiger partial charge in [-0.05, 0) is 32.4 Å². The molecule has 102 valence electrons. The molecule has 20 heavy (non-hydrogen) atoms. The van der Waals surface area contributed by atoms with E-state index in [1.54, 1.807) is 26.8 Å². The minimum absolute atomic E-state index is 0.149. The predicted molar refractivity (Wildman–Crippen MR) is 73.4 cm³/mol. The molecule has 1 N–H and O–H groups in total. The van der Waals surface area contributed by atoms with Crippen molar-refractivity contribution in [2.75, 3.05) is 0 Å². The van der Waals surface area contributed by atoms with E-state index < -0.39 is 11.6 Å². The third-order valence-corrected chi connectivity index (χ3v) is 3.51. The van der Waals surface area contributed by atoms with Crippen LogP contribution in [0.3, 0.4) is 0 Å². The third-order valence-electron chi connectivity index (χ3n) is 3.51. The van der Waals surface area contributed by atoms with Crippen molar-refractivity contribution in [2.45, 2.75) is 20.8 Å². The maximum Gasteiger partial charge on any atom is 0.339 e. The van der Waals surface area contributed by atoms with E-state index in [0.29, 0.717) is 27.9 Å². The topological polar surface area (TPSA) is 80.7 Å². The maximum absolute atomic E-state index is 11.5. The molecule has 2 heterocycles. The summed E-state index contributed by atoms with van der Waals surface area (Å²) in [5, 5.41) is 10.5. The molecular weight excluding hydrogens is 260 g/mol. The molecule has 0 saturated heterocycles. The van der Waals surface area contributed by atoms with Gasteiger partial charge in [-0.2, -0.15) is 0 Å². The molecule has 0 atom stereocenters. The molecule has 0 fully saturated rings. The van der Waals surface area contributed by atoms with Gasteiger partial charge in [0.2, 0.25) is 0 Å². The van der Waals surface area contributed by atoms with Crippen LogP contribution >= 0.6 is 0 Å². The van der Waals surface area contributed by atoms with E-state index >= 15 is 0 Å². The smallest absolute Gasteiger partial charge is 0.339 e. The number of carboxylic acids is 1. The van der Waals surface area contributed by atoms with Gasteiger partial charge in [0, 0.05) is 22.4 Å². The number of hydrogen-bond donors (Lipinski definition) is 1. The van der Waals surface area contributed by atoms with Crippen LogP contribution in [0.1, 0.15) is 27.2 Å². The standard InChI is InChI=1S/C15H12O5/c1-6-4-11(16)20-13-7(2)14-10(5-9(6)13)12(15(17)18)8(3)19-14/h4-5H,1-3H3,(H,17,18). The van der Waals surface area contributed by atoms with Crippen LogP contribution in [0.4, 0.5) is 0 Å². The van der Waals surface area contributed by atoms with Crippen LogP contribution in [-0.4, -0.2) is 11.1 Å². The van der Waals surface area contributed by atoms with Gasteiger partial charge in [0.1, 0.15) is 22.5 Å². The molecule has 0 saturated carbocycles. The number of fused-ring (bicyclic) bond motifs is 2. The minimum Gasteiger partial charge on any atom is -0.478 e. The Hall–Kier alpha value is -2.56. The summed E-state index contributed by atoms with van der Waals surface area (Å²) in [6.45, 7) is 5.15. The lowest BCUT2D eigenvalue weighted by Gasteiger charge is -2.04. The van der Waals surface area contributed by atoms with Crippen LogP contribution in [0, 0.1) is 20.8 Å². The summed E-state index contributed by atoms with van der Waals surface area (Å²) in [5.41, 5.74) is 1.98. The van der Waals surface area contributed by atoms with Crippen LogP contribution in [-0.2, 0) is 0 Å². The van der Waals surface area contributed by atoms with E-state index in [4.69, 9.17) is 8.83 Å². The van der Waals surface area contributed by atoms with Gasteiger partial charge in [-0.3, -0.25) is 0 Å². The number of aromatic carboxylic acids is 1. The van der Waals surface area contributed by atoms with E-state index in [1.165, 1.54) is 6.07 Å². The maximum atomic E-state index is 11.5. The second-order valence-electron chi connectivity index (χ2n) is 4.84. The van der Waals surface area contributed by atoms with E-state index in [2.05, 4.69) is 0 Å². The zero-order valence-electron chi connectivity index (χ0n) is 11.2. The number of benzene rings is 1. The minimum atomic E-state index is -1.03. The fourth-order valence-corrected chi connectivity index (χ4v) is 2.57. The zero-order valence-corrected chi connectivity index (χ0v) is 11.2. The molecule has 0 amide bonds. The van der Waals surface area contributed by atoms with Gasteiger partial charge in [0.15, 0.2) is 0 Å². The van der Waals surface area contributed by atoms with Crippen LogP contribution < -0.4 is 5.63 Å². The normalized spacial score (nSPS) is 11.3. The SMILES string of the molecule is Cc1oc2c(C)c3oc(=O)cc(C)c3cc2c1C(=O)O.